The number of amides is 2. The van der Waals surface area contributed by atoms with Crippen LogP contribution in [0, 0.1) is 10.1 Å². The Bertz CT molecular complexity index is 820. The largest absolute Gasteiger partial charge is 0.508 e. The third kappa shape index (κ3) is 4.69. The first kappa shape index (κ1) is 18.7. The van der Waals surface area contributed by atoms with Gasteiger partial charge < -0.3 is 20.5 Å². The van der Waals surface area contributed by atoms with Crippen LogP contribution in [0.5, 0.6) is 11.5 Å². The van der Waals surface area contributed by atoms with E-state index in [0.717, 1.165) is 6.07 Å². The first-order valence-electron chi connectivity index (χ1n) is 7.60. The van der Waals surface area contributed by atoms with Gasteiger partial charge in [0.15, 0.2) is 5.75 Å². The van der Waals surface area contributed by atoms with Gasteiger partial charge in [0.25, 0.3) is 11.8 Å². The van der Waals surface area contributed by atoms with Crippen LogP contribution in [0.2, 0.25) is 0 Å². The molecule has 2 amide bonds. The molecule has 0 saturated carbocycles. The topological polar surface area (TPSA) is 131 Å². The lowest BCUT2D eigenvalue weighted by atomic mass is 10.1. The van der Waals surface area contributed by atoms with E-state index in [0.29, 0.717) is 5.56 Å². The van der Waals surface area contributed by atoms with Crippen LogP contribution in [-0.2, 0) is 0 Å². The average molecular weight is 359 g/mol. The van der Waals surface area contributed by atoms with Crippen molar-refractivity contribution in [3.63, 3.8) is 0 Å². The smallest absolute Gasteiger partial charge is 0.311 e. The SMILES string of the molecule is COc1ccc(C(=O)NCCNC(=O)c2ccc(O)cc2)cc1[N+](=O)[O-]. The highest BCUT2D eigenvalue weighted by Gasteiger charge is 2.18. The van der Waals surface area contributed by atoms with Crippen molar-refractivity contribution in [1.29, 1.82) is 0 Å². The fourth-order valence-corrected chi connectivity index (χ4v) is 2.14. The molecular formula is C17H17N3O6. The van der Waals surface area contributed by atoms with Gasteiger partial charge in [0, 0.05) is 30.3 Å². The Morgan fingerprint density at radius 3 is 2.12 bits per heavy atom. The molecule has 0 bridgehead atoms. The van der Waals surface area contributed by atoms with E-state index < -0.39 is 10.8 Å². The van der Waals surface area contributed by atoms with E-state index >= 15 is 0 Å². The van der Waals surface area contributed by atoms with E-state index in [2.05, 4.69) is 10.6 Å². The van der Waals surface area contributed by atoms with Gasteiger partial charge in [-0.1, -0.05) is 0 Å². The molecule has 2 aromatic rings. The summed E-state index contributed by atoms with van der Waals surface area (Å²) in [5.41, 5.74) is 0.183. The third-order valence-electron chi connectivity index (χ3n) is 3.46. The molecule has 0 atom stereocenters. The monoisotopic (exact) mass is 359 g/mol. The van der Waals surface area contributed by atoms with Crippen molar-refractivity contribution in [3.05, 3.63) is 63.7 Å². The molecule has 0 radical (unpaired) electrons. The molecule has 9 nitrogen and oxygen atoms in total. The minimum absolute atomic E-state index is 0.0578. The van der Waals surface area contributed by atoms with Crippen molar-refractivity contribution in [2.45, 2.75) is 0 Å². The first-order chi connectivity index (χ1) is 12.4. The fraction of sp³-hybridized carbons (Fsp3) is 0.176. The number of carbonyl (C=O) groups excluding carboxylic acids is 2. The Balaban J connectivity index is 1.87. The number of ether oxygens (including phenoxy) is 1. The summed E-state index contributed by atoms with van der Waals surface area (Å²) in [5.74, 6) is -0.732. The highest BCUT2D eigenvalue weighted by Crippen LogP contribution is 2.27. The minimum Gasteiger partial charge on any atom is -0.508 e. The minimum atomic E-state index is -0.631. The van der Waals surface area contributed by atoms with Gasteiger partial charge in [-0.05, 0) is 36.4 Å². The number of aromatic hydroxyl groups is 1. The standard InChI is InChI=1S/C17H17N3O6/c1-26-15-7-4-12(10-14(15)20(24)25)17(23)19-9-8-18-16(22)11-2-5-13(21)6-3-11/h2-7,10,21H,8-9H2,1H3,(H,18,22)(H,19,23). The molecule has 136 valence electrons. The van der Waals surface area contributed by atoms with E-state index in [1.165, 1.54) is 43.5 Å². The Labute approximate surface area is 148 Å². The molecule has 0 spiro atoms. The van der Waals surface area contributed by atoms with Gasteiger partial charge in [0.2, 0.25) is 0 Å². The Kier molecular flexibility index (Phi) is 6.10. The summed E-state index contributed by atoms with van der Waals surface area (Å²) in [4.78, 5) is 34.3. The fourth-order valence-electron chi connectivity index (χ4n) is 2.14. The highest BCUT2D eigenvalue weighted by molar-refractivity contribution is 5.95. The number of benzene rings is 2. The molecule has 0 aliphatic rings. The summed E-state index contributed by atoms with van der Waals surface area (Å²) in [6, 6.07) is 9.62. The number of nitro benzene ring substituents is 1. The first-order valence-corrected chi connectivity index (χ1v) is 7.60. The number of rotatable bonds is 7. The van der Waals surface area contributed by atoms with E-state index in [4.69, 9.17) is 4.74 Å². The van der Waals surface area contributed by atoms with Crippen molar-refractivity contribution in [2.24, 2.45) is 0 Å². The number of phenolic OH excluding ortho intramolecular Hbond substituents is 1. The van der Waals surface area contributed by atoms with Crippen LogP contribution in [0.15, 0.2) is 42.5 Å². The normalized spacial score (nSPS) is 10.0. The van der Waals surface area contributed by atoms with E-state index in [-0.39, 0.29) is 41.7 Å². The molecule has 9 heteroatoms. The molecular weight excluding hydrogens is 342 g/mol. The van der Waals surface area contributed by atoms with Crippen LogP contribution in [-0.4, -0.2) is 42.0 Å². The van der Waals surface area contributed by atoms with Gasteiger partial charge >= 0.3 is 5.69 Å². The molecule has 0 aromatic heterocycles. The predicted octanol–water partition coefficient (Wildman–Crippen LogP) is 1.47. The number of phenols is 1. The molecule has 26 heavy (non-hydrogen) atoms. The number of nitrogens with zero attached hydrogens (tertiary/aromatic N) is 1. The summed E-state index contributed by atoms with van der Waals surface area (Å²) >= 11 is 0. The Morgan fingerprint density at radius 2 is 1.58 bits per heavy atom. The van der Waals surface area contributed by atoms with Gasteiger partial charge in [-0.25, -0.2) is 0 Å². The van der Waals surface area contributed by atoms with Crippen LogP contribution in [0.1, 0.15) is 20.7 Å². The van der Waals surface area contributed by atoms with Crippen molar-refractivity contribution in [2.75, 3.05) is 20.2 Å². The molecule has 0 saturated heterocycles. The molecule has 0 aliphatic carbocycles. The lowest BCUT2D eigenvalue weighted by Gasteiger charge is -2.08. The van der Waals surface area contributed by atoms with Gasteiger partial charge in [0.1, 0.15) is 5.75 Å². The quantitative estimate of drug-likeness (QED) is 0.390. The number of nitro groups is 1. The van der Waals surface area contributed by atoms with Gasteiger partial charge in [0.05, 0.1) is 12.0 Å². The summed E-state index contributed by atoms with van der Waals surface area (Å²) in [7, 11) is 1.30. The highest BCUT2D eigenvalue weighted by atomic mass is 16.6. The maximum Gasteiger partial charge on any atom is 0.311 e. The van der Waals surface area contributed by atoms with Crippen molar-refractivity contribution >= 4 is 17.5 Å². The van der Waals surface area contributed by atoms with E-state index in [1.807, 2.05) is 0 Å². The predicted molar refractivity (Wildman–Crippen MR) is 92.4 cm³/mol. The number of carbonyl (C=O) groups is 2. The summed E-state index contributed by atoms with van der Waals surface area (Å²) in [5, 5.41) is 25.3. The van der Waals surface area contributed by atoms with Crippen LogP contribution in [0.25, 0.3) is 0 Å². The van der Waals surface area contributed by atoms with Crippen molar-refractivity contribution < 1.29 is 24.4 Å². The summed E-state index contributed by atoms with van der Waals surface area (Å²) in [6.07, 6.45) is 0. The second-order valence-corrected chi connectivity index (χ2v) is 5.20. The molecule has 0 unspecified atom stereocenters. The van der Waals surface area contributed by atoms with Crippen molar-refractivity contribution in [1.82, 2.24) is 10.6 Å². The Hall–Kier alpha value is -3.62. The zero-order valence-electron chi connectivity index (χ0n) is 13.9. The van der Waals surface area contributed by atoms with Gasteiger partial charge in [-0.3, -0.25) is 19.7 Å². The molecule has 0 aliphatic heterocycles. The van der Waals surface area contributed by atoms with Gasteiger partial charge in [-0.15, -0.1) is 0 Å². The maximum atomic E-state index is 12.1. The molecule has 2 rings (SSSR count). The lowest BCUT2D eigenvalue weighted by Crippen LogP contribution is -2.34. The number of hydrogen-bond donors (Lipinski definition) is 3. The van der Waals surface area contributed by atoms with Crippen LogP contribution >= 0.6 is 0 Å². The van der Waals surface area contributed by atoms with E-state index in [9.17, 15) is 24.8 Å². The number of nitrogens with one attached hydrogen (secondary N) is 2. The third-order valence-corrected chi connectivity index (χ3v) is 3.46. The van der Waals surface area contributed by atoms with Gasteiger partial charge in [-0.2, -0.15) is 0 Å². The molecule has 0 heterocycles. The molecule has 2 aromatic carbocycles. The second kappa shape index (κ2) is 8.47. The maximum absolute atomic E-state index is 12.1. The van der Waals surface area contributed by atoms with Crippen molar-refractivity contribution in [3.8, 4) is 11.5 Å². The molecule has 0 fully saturated rings. The number of hydrogen-bond acceptors (Lipinski definition) is 6. The summed E-state index contributed by atoms with van der Waals surface area (Å²) < 4.78 is 4.88. The zero-order valence-corrected chi connectivity index (χ0v) is 13.9. The Morgan fingerprint density at radius 1 is 1.04 bits per heavy atom. The second-order valence-electron chi connectivity index (χ2n) is 5.20. The van der Waals surface area contributed by atoms with Crippen LogP contribution in [0.3, 0.4) is 0 Å². The van der Waals surface area contributed by atoms with E-state index in [1.54, 1.807) is 0 Å². The summed E-state index contributed by atoms with van der Waals surface area (Å²) in [6.45, 7) is 0.312. The van der Waals surface area contributed by atoms with Crippen LogP contribution < -0.4 is 15.4 Å². The lowest BCUT2D eigenvalue weighted by molar-refractivity contribution is -0.385. The average Bonchev–Trinajstić information content (AvgIpc) is 2.64. The zero-order chi connectivity index (χ0) is 19.1. The number of methoxy groups -OCH3 is 1. The van der Waals surface area contributed by atoms with Crippen LogP contribution in [0.4, 0.5) is 5.69 Å². The molecule has 3 N–H and O–H groups in total.